The highest BCUT2D eigenvalue weighted by Gasteiger charge is 2.37. The normalized spacial score (nSPS) is 29.2. The van der Waals surface area contributed by atoms with Gasteiger partial charge in [-0.2, -0.15) is 0 Å². The number of sulfone groups is 1. The lowest BCUT2D eigenvalue weighted by Crippen LogP contribution is -2.45. The van der Waals surface area contributed by atoms with Crippen molar-refractivity contribution in [2.75, 3.05) is 31.6 Å². The maximum absolute atomic E-state index is 12.6. The lowest BCUT2D eigenvalue weighted by molar-refractivity contribution is 0.335. The summed E-state index contributed by atoms with van der Waals surface area (Å²) in [6.45, 7) is 1.77. The van der Waals surface area contributed by atoms with Crippen LogP contribution in [0.1, 0.15) is 32.1 Å². The van der Waals surface area contributed by atoms with Crippen LogP contribution >= 0.6 is 0 Å². The summed E-state index contributed by atoms with van der Waals surface area (Å²) in [5.74, 6) is -0.00603. The molecule has 6 nitrogen and oxygen atoms in total. The highest BCUT2D eigenvalue weighted by Crippen LogP contribution is 2.25. The minimum Gasteiger partial charge on any atom is -0.317 e. The van der Waals surface area contributed by atoms with Crippen LogP contribution in [0.15, 0.2) is 0 Å². The summed E-state index contributed by atoms with van der Waals surface area (Å²) in [5, 5.41) is 2.74. The van der Waals surface area contributed by atoms with Crippen LogP contribution in [0.4, 0.5) is 0 Å². The van der Waals surface area contributed by atoms with E-state index in [0.717, 1.165) is 32.4 Å². The molecule has 2 saturated heterocycles. The molecule has 2 rings (SSSR count). The maximum Gasteiger partial charge on any atom is 0.217 e. The summed E-state index contributed by atoms with van der Waals surface area (Å²) in [6.07, 6.45) is 3.14. The van der Waals surface area contributed by atoms with Crippen LogP contribution in [0.3, 0.4) is 0 Å². The number of sulfonamides is 1. The zero-order valence-electron chi connectivity index (χ0n) is 11.9. The molecule has 1 unspecified atom stereocenters. The summed E-state index contributed by atoms with van der Waals surface area (Å²) in [5.41, 5.74) is 0. The molecule has 1 atom stereocenters. The van der Waals surface area contributed by atoms with E-state index < -0.39 is 25.1 Å². The quantitative estimate of drug-likeness (QED) is 0.788. The molecule has 2 heterocycles. The average Bonchev–Trinajstić information content (AvgIpc) is 2.66. The van der Waals surface area contributed by atoms with Crippen molar-refractivity contribution in [3.8, 4) is 0 Å². The van der Waals surface area contributed by atoms with Crippen molar-refractivity contribution in [1.82, 2.24) is 9.62 Å². The smallest absolute Gasteiger partial charge is 0.217 e. The van der Waals surface area contributed by atoms with Crippen molar-refractivity contribution in [2.24, 2.45) is 0 Å². The van der Waals surface area contributed by atoms with Crippen molar-refractivity contribution in [1.29, 1.82) is 0 Å². The Bertz CT molecular complexity index is 508. The van der Waals surface area contributed by atoms with Gasteiger partial charge in [0.25, 0.3) is 0 Å². The van der Waals surface area contributed by atoms with E-state index in [0.29, 0.717) is 0 Å². The Morgan fingerprint density at radius 2 is 1.70 bits per heavy atom. The van der Waals surface area contributed by atoms with Gasteiger partial charge >= 0.3 is 0 Å². The second-order valence-electron chi connectivity index (χ2n) is 5.75. The number of nitrogens with one attached hydrogen (secondary N) is 1. The average molecular weight is 324 g/mol. The molecule has 118 valence electrons. The van der Waals surface area contributed by atoms with Gasteiger partial charge in [-0.25, -0.2) is 21.1 Å². The first-order chi connectivity index (χ1) is 9.33. The fraction of sp³-hybridized carbons (Fsp3) is 1.00. The van der Waals surface area contributed by atoms with E-state index in [-0.39, 0.29) is 30.4 Å². The van der Waals surface area contributed by atoms with Gasteiger partial charge in [0.1, 0.15) is 9.84 Å². The van der Waals surface area contributed by atoms with Crippen LogP contribution < -0.4 is 5.32 Å². The zero-order valence-corrected chi connectivity index (χ0v) is 13.5. The molecule has 0 aromatic carbocycles. The van der Waals surface area contributed by atoms with Gasteiger partial charge < -0.3 is 5.32 Å². The predicted octanol–water partition coefficient (Wildman–Crippen LogP) is -0.0327. The minimum absolute atomic E-state index is 0.00302. The number of rotatable bonds is 3. The molecule has 20 heavy (non-hydrogen) atoms. The third kappa shape index (κ3) is 3.72. The Balaban J connectivity index is 2.05. The van der Waals surface area contributed by atoms with Crippen molar-refractivity contribution in [3.63, 3.8) is 0 Å². The van der Waals surface area contributed by atoms with E-state index in [2.05, 4.69) is 5.32 Å². The Morgan fingerprint density at radius 1 is 1.05 bits per heavy atom. The topological polar surface area (TPSA) is 83.6 Å². The van der Waals surface area contributed by atoms with Crippen LogP contribution in [-0.2, 0) is 19.9 Å². The molecule has 0 amide bonds. The first kappa shape index (κ1) is 16.2. The molecular formula is C12H24N2O4S2. The van der Waals surface area contributed by atoms with Gasteiger partial charge in [-0.3, -0.25) is 0 Å². The van der Waals surface area contributed by atoms with Gasteiger partial charge in [0.15, 0.2) is 0 Å². The van der Waals surface area contributed by atoms with E-state index in [1.807, 2.05) is 0 Å². The first-order valence-corrected chi connectivity index (χ1v) is 10.5. The number of hydrogen-bond acceptors (Lipinski definition) is 5. The van der Waals surface area contributed by atoms with Crippen LogP contribution in [0.2, 0.25) is 0 Å². The van der Waals surface area contributed by atoms with E-state index in [1.165, 1.54) is 4.31 Å². The summed E-state index contributed by atoms with van der Waals surface area (Å²) in [6, 6.07) is 0.0357. The third-order valence-electron chi connectivity index (χ3n) is 4.38. The Morgan fingerprint density at radius 3 is 2.35 bits per heavy atom. The molecule has 2 aliphatic rings. The maximum atomic E-state index is 12.6. The van der Waals surface area contributed by atoms with E-state index in [9.17, 15) is 16.8 Å². The van der Waals surface area contributed by atoms with Gasteiger partial charge in [0, 0.05) is 13.1 Å². The molecule has 0 aliphatic carbocycles. The van der Waals surface area contributed by atoms with Gasteiger partial charge in [-0.05, 0) is 45.2 Å². The predicted molar refractivity (Wildman–Crippen MR) is 78.9 cm³/mol. The van der Waals surface area contributed by atoms with Crippen molar-refractivity contribution >= 4 is 19.9 Å². The van der Waals surface area contributed by atoms with Crippen molar-refractivity contribution in [3.05, 3.63) is 0 Å². The zero-order chi connectivity index (χ0) is 14.8. The molecular weight excluding hydrogens is 300 g/mol. The summed E-state index contributed by atoms with van der Waals surface area (Å²) in [7, 11) is -4.77. The molecule has 1 N–H and O–H groups in total. The fourth-order valence-electron chi connectivity index (χ4n) is 2.97. The largest absolute Gasteiger partial charge is 0.317 e. The summed E-state index contributed by atoms with van der Waals surface area (Å²) < 4.78 is 49.6. The van der Waals surface area contributed by atoms with Crippen LogP contribution in [0.25, 0.3) is 0 Å². The minimum atomic E-state index is -3.39. The first-order valence-electron chi connectivity index (χ1n) is 7.21. The third-order valence-corrected chi connectivity index (χ3v) is 8.51. The van der Waals surface area contributed by atoms with Gasteiger partial charge in [-0.1, -0.05) is 0 Å². The molecule has 0 bridgehead atoms. The molecule has 2 fully saturated rings. The molecule has 2 aliphatic heterocycles. The number of hydrogen-bond donors (Lipinski definition) is 1. The second-order valence-corrected chi connectivity index (χ2v) is 10.3. The lowest BCUT2D eigenvalue weighted by atomic mass is 10.1. The Labute approximate surface area is 121 Å². The van der Waals surface area contributed by atoms with E-state index >= 15 is 0 Å². The standard InChI is InChI=1S/C12H24N2O4S2/c1-14(11-3-2-7-13-8-4-11)20(17,18)12-5-9-19(15,16)10-6-12/h11-13H,2-10H2,1H3. The molecule has 8 heteroatoms. The molecule has 0 saturated carbocycles. The van der Waals surface area contributed by atoms with Crippen molar-refractivity contribution < 1.29 is 16.8 Å². The molecule has 0 aromatic rings. The highest BCUT2D eigenvalue weighted by molar-refractivity contribution is 7.92. The Kier molecular flexibility index (Phi) is 5.09. The second kappa shape index (κ2) is 6.29. The van der Waals surface area contributed by atoms with Gasteiger partial charge in [-0.15, -0.1) is 0 Å². The SMILES string of the molecule is CN(C1CCCNCC1)S(=O)(=O)C1CCS(=O)(=O)CC1. The van der Waals surface area contributed by atoms with E-state index in [4.69, 9.17) is 0 Å². The van der Waals surface area contributed by atoms with Crippen LogP contribution in [0.5, 0.6) is 0 Å². The highest BCUT2D eigenvalue weighted by atomic mass is 32.2. The Hall–Kier alpha value is -0.180. The van der Waals surface area contributed by atoms with Crippen LogP contribution in [0, 0.1) is 0 Å². The monoisotopic (exact) mass is 324 g/mol. The molecule has 0 aromatic heterocycles. The summed E-state index contributed by atoms with van der Waals surface area (Å²) >= 11 is 0. The number of nitrogens with zero attached hydrogens (tertiary/aromatic N) is 1. The van der Waals surface area contributed by atoms with Crippen LogP contribution in [-0.4, -0.2) is 64.1 Å². The van der Waals surface area contributed by atoms with Gasteiger partial charge in [0.2, 0.25) is 10.0 Å². The fourth-order valence-corrected chi connectivity index (χ4v) is 6.69. The van der Waals surface area contributed by atoms with Crippen molar-refractivity contribution in [2.45, 2.75) is 43.4 Å². The molecule has 0 spiro atoms. The summed E-state index contributed by atoms with van der Waals surface area (Å²) in [4.78, 5) is 0. The lowest BCUT2D eigenvalue weighted by Gasteiger charge is -2.31. The van der Waals surface area contributed by atoms with Gasteiger partial charge in [0.05, 0.1) is 16.8 Å². The molecule has 0 radical (unpaired) electrons. The van der Waals surface area contributed by atoms with E-state index in [1.54, 1.807) is 7.05 Å².